The number of hydrogen-bond acceptors (Lipinski definition) is 9. The van der Waals surface area contributed by atoms with Crippen LogP contribution in [0.5, 0.6) is 0 Å². The third-order valence-electron chi connectivity index (χ3n) is 3.00. The lowest BCUT2D eigenvalue weighted by atomic mass is 9.98. The lowest BCUT2D eigenvalue weighted by molar-refractivity contribution is -0.297. The molecule has 1 aliphatic rings. The average Bonchev–Trinajstić information content (AvgIpc) is 2.42. The quantitative estimate of drug-likeness (QED) is 0.508. The summed E-state index contributed by atoms with van der Waals surface area (Å²) in [5, 5.41) is 10.0. The highest BCUT2D eigenvalue weighted by Gasteiger charge is 2.51. The van der Waals surface area contributed by atoms with Crippen LogP contribution < -0.4 is 0 Å². The highest BCUT2D eigenvalue weighted by atomic mass is 16.7. The number of hydrogen-bond donors (Lipinski definition) is 1. The van der Waals surface area contributed by atoms with Gasteiger partial charge in [-0.05, 0) is 6.92 Å². The van der Waals surface area contributed by atoms with Crippen LogP contribution in [0.3, 0.4) is 0 Å². The van der Waals surface area contributed by atoms with Crippen LogP contribution in [-0.2, 0) is 38.1 Å². The second kappa shape index (κ2) is 8.80. The van der Waals surface area contributed by atoms with E-state index in [0.29, 0.717) is 6.61 Å². The number of aliphatic hydroxyl groups excluding tert-OH is 1. The Labute approximate surface area is 133 Å². The van der Waals surface area contributed by atoms with Gasteiger partial charge in [0.1, 0.15) is 6.10 Å². The first-order valence-electron chi connectivity index (χ1n) is 7.19. The van der Waals surface area contributed by atoms with Crippen LogP contribution in [0.15, 0.2) is 0 Å². The second-order valence-electron chi connectivity index (χ2n) is 4.95. The molecule has 1 aliphatic heterocycles. The SMILES string of the molecule is CCOC[C@H]1O[C@@H](O)[C@H](OC(C)=O)[C@@H](OC(C)=O)[C@@H]1OC(C)=O. The molecule has 0 spiro atoms. The van der Waals surface area contributed by atoms with E-state index in [0.717, 1.165) is 13.8 Å². The maximum Gasteiger partial charge on any atom is 0.303 e. The molecule has 0 aromatic rings. The van der Waals surface area contributed by atoms with Crippen molar-refractivity contribution in [3.63, 3.8) is 0 Å². The fourth-order valence-corrected chi connectivity index (χ4v) is 2.24. The van der Waals surface area contributed by atoms with Gasteiger partial charge in [-0.25, -0.2) is 0 Å². The van der Waals surface area contributed by atoms with E-state index in [4.69, 9.17) is 23.7 Å². The molecular formula is C14H22O9. The van der Waals surface area contributed by atoms with Crippen molar-refractivity contribution in [2.24, 2.45) is 0 Å². The van der Waals surface area contributed by atoms with Crippen LogP contribution >= 0.6 is 0 Å². The van der Waals surface area contributed by atoms with Crippen molar-refractivity contribution in [3.05, 3.63) is 0 Å². The van der Waals surface area contributed by atoms with Crippen molar-refractivity contribution < 1.29 is 43.2 Å². The molecular weight excluding hydrogens is 312 g/mol. The van der Waals surface area contributed by atoms with Gasteiger partial charge in [-0.3, -0.25) is 14.4 Å². The largest absolute Gasteiger partial charge is 0.456 e. The summed E-state index contributed by atoms with van der Waals surface area (Å²) in [6, 6.07) is 0. The zero-order chi connectivity index (χ0) is 17.6. The molecule has 0 saturated carbocycles. The standard InChI is InChI=1S/C14H22O9/c1-5-19-6-10-11(20-7(2)15)12(21-8(3)16)13(14(18)23-10)22-9(4)17/h10-14,18H,5-6H2,1-4H3/t10-,11-,12+,13-,14-/m1/s1. The zero-order valence-corrected chi connectivity index (χ0v) is 13.5. The number of aliphatic hydroxyl groups is 1. The predicted octanol–water partition coefficient (Wildman–Crippen LogP) is -0.465. The second-order valence-corrected chi connectivity index (χ2v) is 4.95. The Morgan fingerprint density at radius 1 is 0.913 bits per heavy atom. The van der Waals surface area contributed by atoms with E-state index in [1.165, 1.54) is 6.92 Å². The van der Waals surface area contributed by atoms with E-state index in [-0.39, 0.29) is 6.61 Å². The summed E-state index contributed by atoms with van der Waals surface area (Å²) in [7, 11) is 0. The fraction of sp³-hybridized carbons (Fsp3) is 0.786. The molecule has 0 aromatic heterocycles. The van der Waals surface area contributed by atoms with Crippen molar-refractivity contribution in [3.8, 4) is 0 Å². The molecule has 0 amide bonds. The van der Waals surface area contributed by atoms with E-state index in [1.54, 1.807) is 6.92 Å². The van der Waals surface area contributed by atoms with Gasteiger partial charge >= 0.3 is 17.9 Å². The molecule has 23 heavy (non-hydrogen) atoms. The number of esters is 3. The molecule has 0 aromatic carbocycles. The summed E-state index contributed by atoms with van der Waals surface area (Å²) in [4.78, 5) is 33.9. The van der Waals surface area contributed by atoms with Gasteiger partial charge in [0.2, 0.25) is 0 Å². The van der Waals surface area contributed by atoms with Gasteiger partial charge in [-0.1, -0.05) is 0 Å². The Bertz CT molecular complexity index is 436. The topological polar surface area (TPSA) is 118 Å². The number of ether oxygens (including phenoxy) is 5. The summed E-state index contributed by atoms with van der Waals surface area (Å²) in [6.07, 6.45) is -6.06. The molecule has 1 heterocycles. The highest BCUT2D eigenvalue weighted by Crippen LogP contribution is 2.28. The molecule has 5 atom stereocenters. The van der Waals surface area contributed by atoms with Gasteiger partial charge in [0, 0.05) is 27.4 Å². The van der Waals surface area contributed by atoms with Crippen molar-refractivity contribution in [2.75, 3.05) is 13.2 Å². The fourth-order valence-electron chi connectivity index (χ4n) is 2.24. The molecule has 132 valence electrons. The maximum atomic E-state index is 11.3. The van der Waals surface area contributed by atoms with Crippen LogP contribution in [0.2, 0.25) is 0 Å². The van der Waals surface area contributed by atoms with Crippen LogP contribution in [0.25, 0.3) is 0 Å². The molecule has 9 nitrogen and oxygen atoms in total. The summed E-state index contributed by atoms with van der Waals surface area (Å²) in [5.41, 5.74) is 0. The van der Waals surface area contributed by atoms with Gasteiger partial charge in [0.25, 0.3) is 0 Å². The van der Waals surface area contributed by atoms with Crippen LogP contribution in [0, 0.1) is 0 Å². The van der Waals surface area contributed by atoms with Crippen molar-refractivity contribution in [2.45, 2.75) is 58.4 Å². The van der Waals surface area contributed by atoms with Gasteiger partial charge in [-0.2, -0.15) is 0 Å². The highest BCUT2D eigenvalue weighted by molar-refractivity contribution is 5.68. The minimum Gasteiger partial charge on any atom is -0.456 e. The van der Waals surface area contributed by atoms with Gasteiger partial charge in [0.15, 0.2) is 24.6 Å². The normalized spacial score (nSPS) is 30.4. The predicted molar refractivity (Wildman–Crippen MR) is 74.0 cm³/mol. The van der Waals surface area contributed by atoms with Crippen molar-refractivity contribution in [1.29, 1.82) is 0 Å². The third-order valence-corrected chi connectivity index (χ3v) is 3.00. The van der Waals surface area contributed by atoms with Gasteiger partial charge < -0.3 is 28.8 Å². The number of rotatable bonds is 6. The van der Waals surface area contributed by atoms with Crippen molar-refractivity contribution in [1.82, 2.24) is 0 Å². The monoisotopic (exact) mass is 334 g/mol. The molecule has 0 aliphatic carbocycles. The van der Waals surface area contributed by atoms with E-state index in [2.05, 4.69) is 0 Å². The lowest BCUT2D eigenvalue weighted by Crippen LogP contribution is -2.62. The first kappa shape index (κ1) is 19.3. The van der Waals surface area contributed by atoms with Gasteiger partial charge in [0.05, 0.1) is 6.61 Å². The third kappa shape index (κ3) is 5.77. The minimum absolute atomic E-state index is 0.00391. The summed E-state index contributed by atoms with van der Waals surface area (Å²) < 4.78 is 25.8. The smallest absolute Gasteiger partial charge is 0.303 e. The summed E-state index contributed by atoms with van der Waals surface area (Å²) in [5.74, 6) is -2.04. The zero-order valence-electron chi connectivity index (χ0n) is 13.5. The van der Waals surface area contributed by atoms with Crippen LogP contribution in [-0.4, -0.2) is 66.9 Å². The Hall–Kier alpha value is -1.71. The molecule has 9 heteroatoms. The average molecular weight is 334 g/mol. The van der Waals surface area contributed by atoms with Crippen LogP contribution in [0.4, 0.5) is 0 Å². The molecule has 0 bridgehead atoms. The number of carbonyl (C=O) groups excluding carboxylic acids is 3. The first-order chi connectivity index (χ1) is 10.8. The lowest BCUT2D eigenvalue weighted by Gasteiger charge is -2.42. The van der Waals surface area contributed by atoms with Crippen molar-refractivity contribution >= 4 is 17.9 Å². The Kier molecular flexibility index (Phi) is 7.40. The van der Waals surface area contributed by atoms with E-state index < -0.39 is 48.6 Å². The molecule has 0 unspecified atom stereocenters. The Morgan fingerprint density at radius 2 is 1.39 bits per heavy atom. The van der Waals surface area contributed by atoms with Crippen LogP contribution in [0.1, 0.15) is 27.7 Å². The van der Waals surface area contributed by atoms with Gasteiger partial charge in [-0.15, -0.1) is 0 Å². The number of carbonyl (C=O) groups is 3. The molecule has 0 radical (unpaired) electrons. The maximum absolute atomic E-state index is 11.3. The van der Waals surface area contributed by atoms with E-state index in [1.807, 2.05) is 0 Å². The van der Waals surface area contributed by atoms with E-state index in [9.17, 15) is 19.5 Å². The molecule has 1 saturated heterocycles. The summed E-state index contributed by atoms with van der Waals surface area (Å²) >= 11 is 0. The molecule has 1 N–H and O–H groups in total. The molecule has 1 rings (SSSR count). The Morgan fingerprint density at radius 3 is 1.87 bits per heavy atom. The summed E-state index contributed by atoms with van der Waals surface area (Å²) in [6.45, 7) is 5.57. The Balaban J connectivity index is 3.08. The first-order valence-corrected chi connectivity index (χ1v) is 7.19. The van der Waals surface area contributed by atoms with E-state index >= 15 is 0 Å². The molecule has 1 fully saturated rings. The minimum atomic E-state index is -1.56.